The van der Waals surface area contributed by atoms with Gasteiger partial charge in [0.05, 0.1) is 11.1 Å². The number of aromatic nitrogens is 3. The number of thiophene rings is 2. The van der Waals surface area contributed by atoms with Gasteiger partial charge in [-0.2, -0.15) is 0 Å². The minimum atomic E-state index is -4.40. The van der Waals surface area contributed by atoms with Gasteiger partial charge in [0.1, 0.15) is 0 Å². The van der Waals surface area contributed by atoms with E-state index < -0.39 is 6.97 Å². The predicted octanol–water partition coefficient (Wildman–Crippen LogP) is 10.2. The summed E-state index contributed by atoms with van der Waals surface area (Å²) in [6, 6.07) is 25.4. The van der Waals surface area contributed by atoms with Crippen LogP contribution < -0.4 is 0 Å². The van der Waals surface area contributed by atoms with Gasteiger partial charge < -0.3 is 17.6 Å². The van der Waals surface area contributed by atoms with Gasteiger partial charge in [-0.25, -0.2) is 0 Å². The third-order valence-corrected chi connectivity index (χ3v) is 10.7. The zero-order valence-electron chi connectivity index (χ0n) is 26.2. The van der Waals surface area contributed by atoms with E-state index in [0.29, 0.717) is 22.8 Å². The Morgan fingerprint density at radius 1 is 0.688 bits per heavy atom. The third kappa shape index (κ3) is 4.89. The summed E-state index contributed by atoms with van der Waals surface area (Å²) in [7, 11) is 0. The molecule has 48 heavy (non-hydrogen) atoms. The molecule has 234 valence electrons. The van der Waals surface area contributed by atoms with Gasteiger partial charge in [-0.3, -0.25) is 9.97 Å². The van der Waals surface area contributed by atoms with E-state index in [1.807, 2.05) is 128 Å². The van der Waals surface area contributed by atoms with Crippen LogP contribution >= 0.6 is 22.7 Å². The Bertz CT molecular complexity index is 2300. The summed E-state index contributed by atoms with van der Waals surface area (Å²) in [5.74, 6) is 0. The first-order chi connectivity index (χ1) is 23.4. The van der Waals surface area contributed by atoms with Crippen LogP contribution in [0.3, 0.4) is 0 Å². The molecule has 0 radical (unpaired) electrons. The van der Waals surface area contributed by atoms with Gasteiger partial charge in [0, 0.05) is 63.1 Å². The molecule has 2 aliphatic heterocycles. The molecule has 0 saturated heterocycles. The number of hydrogen-bond acceptors (Lipinski definition) is 4. The van der Waals surface area contributed by atoms with E-state index in [9.17, 15) is 0 Å². The molecule has 7 heterocycles. The second-order valence-corrected chi connectivity index (χ2v) is 13.6. The van der Waals surface area contributed by atoms with E-state index in [1.54, 1.807) is 47.5 Å². The van der Waals surface area contributed by atoms with Crippen molar-refractivity contribution in [1.82, 2.24) is 14.4 Å². The Labute approximate surface area is 285 Å². The molecule has 0 aliphatic carbocycles. The van der Waals surface area contributed by atoms with Crippen molar-refractivity contribution in [1.29, 1.82) is 0 Å². The summed E-state index contributed by atoms with van der Waals surface area (Å²) in [6.45, 7) is -0.427. The van der Waals surface area contributed by atoms with Crippen molar-refractivity contribution in [2.45, 2.75) is 13.8 Å². The fourth-order valence-electron chi connectivity index (χ4n) is 6.92. The second kappa shape index (κ2) is 12.1. The summed E-state index contributed by atoms with van der Waals surface area (Å²) in [5.41, 5.74) is 8.75. The van der Waals surface area contributed by atoms with E-state index in [4.69, 9.17) is 0 Å². The molecule has 2 aliphatic rings. The summed E-state index contributed by atoms with van der Waals surface area (Å²) in [5, 5.41) is 3.99. The van der Waals surface area contributed by atoms with Crippen molar-refractivity contribution in [2.24, 2.45) is 0 Å². The average Bonchev–Trinajstić information content (AvgIpc) is 3.92. The lowest BCUT2D eigenvalue weighted by atomic mass is 9.83. The molecule has 5 aromatic heterocycles. The molecule has 0 spiro atoms. The first-order valence-electron chi connectivity index (χ1n) is 15.6. The first kappa shape index (κ1) is 30.1. The number of pyridine rings is 2. The highest BCUT2D eigenvalue weighted by molar-refractivity contribution is 7.13. The van der Waals surface area contributed by atoms with E-state index in [2.05, 4.69) is 9.97 Å². The van der Waals surface area contributed by atoms with Crippen LogP contribution in [0, 0.1) is 6.92 Å². The lowest BCUT2D eigenvalue weighted by Crippen LogP contribution is -2.51. The number of nitrogens with zero attached hydrogens (tertiary/aromatic N) is 4. The maximum Gasteiger partial charge on any atom is 0.737 e. The van der Waals surface area contributed by atoms with Crippen molar-refractivity contribution in [3.8, 4) is 10.4 Å². The smallest absolute Gasteiger partial charge is 0.389 e. The molecule has 0 saturated carbocycles. The topological polar surface area (TPSA) is 33.7 Å². The van der Waals surface area contributed by atoms with Gasteiger partial charge in [-0.1, -0.05) is 48.5 Å². The van der Waals surface area contributed by atoms with Crippen LogP contribution in [0.5, 0.6) is 0 Å². The van der Waals surface area contributed by atoms with Crippen molar-refractivity contribution >= 4 is 64.7 Å². The number of hydrogen-bond donors (Lipinski definition) is 0. The van der Waals surface area contributed by atoms with E-state index in [-0.39, 0.29) is 0 Å². The van der Waals surface area contributed by atoms with Crippen molar-refractivity contribution < 1.29 is 13.1 Å². The normalized spacial score (nSPS) is 15.7. The van der Waals surface area contributed by atoms with Gasteiger partial charge in [0.25, 0.3) is 0 Å². The molecule has 0 fully saturated rings. The molecule has 0 N–H and O–H groups in total. The Hall–Kier alpha value is -5.25. The van der Waals surface area contributed by atoms with Crippen LogP contribution in [0.1, 0.15) is 45.4 Å². The molecule has 0 atom stereocenters. The standard InChI is InChI=1S/C39H29BF2N4S2/c1-26-35(33-10-6-24-47-33)31(14-12-28-16-20-43-21-17-28)45-38(26)37(30-8-4-3-5-9-30)39-27(2)36(34-11-7-25-48-34)32(46(39)40(45,41)42)15-13-29-18-22-44-23-19-29/h3-25H,1-2H3/b14-12+,15-13+. The molecular weight excluding hydrogens is 637 g/mol. The van der Waals surface area contributed by atoms with E-state index in [0.717, 1.165) is 54.3 Å². The van der Waals surface area contributed by atoms with Crippen molar-refractivity contribution in [2.75, 3.05) is 0 Å². The van der Waals surface area contributed by atoms with Crippen LogP contribution in [0.2, 0.25) is 0 Å². The number of fused-ring (bicyclic) bond motifs is 2. The van der Waals surface area contributed by atoms with E-state index >= 15 is 8.63 Å². The van der Waals surface area contributed by atoms with Gasteiger partial charge in [-0.15, -0.1) is 22.7 Å². The van der Waals surface area contributed by atoms with Crippen molar-refractivity contribution in [3.05, 3.63) is 170 Å². The molecule has 4 nitrogen and oxygen atoms in total. The van der Waals surface area contributed by atoms with Crippen LogP contribution in [0.4, 0.5) is 8.63 Å². The summed E-state index contributed by atoms with van der Waals surface area (Å²) < 4.78 is 38.7. The Balaban J connectivity index is 1.50. The maximum atomic E-state index is 18.0. The SMILES string of the molecule is CC1=C(c2cccs2)C(/C=C/c2ccncc2)=[N+]2C1=C(c1ccccc1)c1c(C)c(-c3cccs3)c(/C=C/c3ccncc3)n1[B-]2(F)F. The van der Waals surface area contributed by atoms with Crippen LogP contribution in [-0.2, 0) is 0 Å². The van der Waals surface area contributed by atoms with E-state index in [1.165, 1.54) is 8.96 Å². The van der Waals surface area contributed by atoms with Gasteiger partial charge in [0.15, 0.2) is 11.4 Å². The summed E-state index contributed by atoms with van der Waals surface area (Å²) >= 11 is 3.12. The fourth-order valence-corrected chi connectivity index (χ4v) is 8.59. The molecule has 0 amide bonds. The van der Waals surface area contributed by atoms with Crippen LogP contribution in [0.15, 0.2) is 132 Å². The molecule has 9 heteroatoms. The molecule has 6 aromatic rings. The van der Waals surface area contributed by atoms with Crippen LogP contribution in [0.25, 0.3) is 39.8 Å². The molecule has 8 rings (SSSR count). The maximum absolute atomic E-state index is 18.0. The number of allylic oxidation sites excluding steroid dienone is 3. The zero-order valence-corrected chi connectivity index (χ0v) is 27.9. The quantitative estimate of drug-likeness (QED) is 0.159. The van der Waals surface area contributed by atoms with Crippen LogP contribution in [-0.4, -0.2) is 31.6 Å². The minimum Gasteiger partial charge on any atom is -0.389 e. The molecular formula is C39H29BF2N4S2. The average molecular weight is 667 g/mol. The minimum absolute atomic E-state index is 0.471. The van der Waals surface area contributed by atoms with Gasteiger partial charge in [0.2, 0.25) is 0 Å². The Morgan fingerprint density at radius 2 is 1.29 bits per heavy atom. The zero-order chi connectivity index (χ0) is 32.8. The first-order valence-corrected chi connectivity index (χ1v) is 17.4. The summed E-state index contributed by atoms with van der Waals surface area (Å²) in [4.78, 5) is 10.2. The second-order valence-electron chi connectivity index (χ2n) is 11.7. The van der Waals surface area contributed by atoms with Gasteiger partial charge >= 0.3 is 6.97 Å². The Morgan fingerprint density at radius 3 is 1.90 bits per heavy atom. The highest BCUT2D eigenvalue weighted by atomic mass is 32.1. The molecule has 0 unspecified atom stereocenters. The third-order valence-electron chi connectivity index (χ3n) is 8.95. The lowest BCUT2D eigenvalue weighted by molar-refractivity contribution is -0.361. The highest BCUT2D eigenvalue weighted by Crippen LogP contribution is 2.51. The Kier molecular flexibility index (Phi) is 7.58. The lowest BCUT2D eigenvalue weighted by Gasteiger charge is -2.34. The fraction of sp³-hybridized carbons (Fsp3) is 0.0513. The highest BCUT2D eigenvalue weighted by Gasteiger charge is 2.58. The number of halogens is 2. The monoisotopic (exact) mass is 666 g/mol. The molecule has 0 bridgehead atoms. The number of rotatable bonds is 7. The van der Waals surface area contributed by atoms with Gasteiger partial charge in [-0.05, 0) is 95.4 Å². The number of benzene rings is 1. The summed E-state index contributed by atoms with van der Waals surface area (Å²) in [6.07, 6.45) is 14.3. The molecule has 1 aromatic carbocycles. The largest absolute Gasteiger partial charge is 0.737 e. The predicted molar refractivity (Wildman–Crippen MR) is 197 cm³/mol. The van der Waals surface area contributed by atoms with Crippen molar-refractivity contribution in [3.63, 3.8) is 0 Å².